The first kappa shape index (κ1) is 33.7. The van der Waals surface area contributed by atoms with E-state index in [4.69, 9.17) is 18.9 Å². The fraction of sp³-hybridized carbons (Fsp3) is 0.545. The molecule has 1 N–H and O–H groups in total. The molecule has 234 valence electrons. The van der Waals surface area contributed by atoms with Gasteiger partial charge in [-0.25, -0.2) is 4.79 Å². The van der Waals surface area contributed by atoms with E-state index in [1.54, 1.807) is 70.2 Å². The Balaban J connectivity index is 2.29. The van der Waals surface area contributed by atoms with Gasteiger partial charge in [-0.2, -0.15) is 0 Å². The largest absolute Gasteiger partial charge is 0.459 e. The van der Waals surface area contributed by atoms with Crippen LogP contribution in [0.25, 0.3) is 0 Å². The highest BCUT2D eigenvalue weighted by atomic mass is 16.6. The van der Waals surface area contributed by atoms with Crippen molar-refractivity contribution in [2.24, 2.45) is 23.2 Å². The molecule has 1 aromatic rings. The summed E-state index contributed by atoms with van der Waals surface area (Å²) >= 11 is 0. The van der Waals surface area contributed by atoms with Gasteiger partial charge >= 0.3 is 23.9 Å². The number of hydrogen-bond donors (Lipinski definition) is 1. The van der Waals surface area contributed by atoms with Gasteiger partial charge in [0.05, 0.1) is 11.5 Å². The molecule has 10 nitrogen and oxygen atoms in total. The molecule has 0 unspecified atom stereocenters. The summed E-state index contributed by atoms with van der Waals surface area (Å²) in [6.07, 6.45) is -1.87. The number of carbonyl (C=O) groups is 5. The fourth-order valence-electron chi connectivity index (χ4n) is 6.15. The van der Waals surface area contributed by atoms with Crippen molar-refractivity contribution in [3.05, 3.63) is 60.2 Å². The lowest BCUT2D eigenvalue weighted by Gasteiger charge is -2.44. The molecule has 3 rings (SSSR count). The van der Waals surface area contributed by atoms with Crippen molar-refractivity contribution in [3.8, 4) is 0 Å². The van der Waals surface area contributed by atoms with Crippen molar-refractivity contribution in [2.45, 2.75) is 91.3 Å². The fourth-order valence-corrected chi connectivity index (χ4v) is 6.15. The molecule has 0 radical (unpaired) electrons. The van der Waals surface area contributed by atoms with Crippen LogP contribution in [0.1, 0.15) is 71.7 Å². The summed E-state index contributed by atoms with van der Waals surface area (Å²) in [5.41, 5.74) is -2.68. The van der Waals surface area contributed by atoms with Crippen LogP contribution in [0.3, 0.4) is 0 Å². The van der Waals surface area contributed by atoms with E-state index in [9.17, 15) is 29.1 Å². The molecule has 0 aliphatic heterocycles. The number of esters is 4. The van der Waals surface area contributed by atoms with Gasteiger partial charge in [-0.05, 0) is 38.3 Å². The molecule has 1 aromatic carbocycles. The second kappa shape index (κ2) is 13.2. The van der Waals surface area contributed by atoms with E-state index < -0.39 is 77.1 Å². The van der Waals surface area contributed by atoms with Crippen molar-refractivity contribution in [1.29, 1.82) is 0 Å². The van der Waals surface area contributed by atoms with E-state index in [0.29, 0.717) is 0 Å². The van der Waals surface area contributed by atoms with Crippen molar-refractivity contribution in [3.63, 3.8) is 0 Å². The van der Waals surface area contributed by atoms with Gasteiger partial charge < -0.3 is 24.1 Å². The number of benzene rings is 1. The summed E-state index contributed by atoms with van der Waals surface area (Å²) in [5.74, 6) is -5.47. The molecule has 0 bridgehead atoms. The topological polar surface area (TPSA) is 143 Å². The molecular formula is C33H42O10. The van der Waals surface area contributed by atoms with Gasteiger partial charge in [-0.3, -0.25) is 19.2 Å². The van der Waals surface area contributed by atoms with Gasteiger partial charge in [-0.15, -0.1) is 0 Å². The Kier molecular flexibility index (Phi) is 10.4. The average Bonchev–Trinajstić information content (AvgIpc) is 3.16. The molecule has 0 saturated heterocycles. The predicted octanol–water partition coefficient (Wildman–Crippen LogP) is 4.14. The van der Waals surface area contributed by atoms with E-state index in [-0.39, 0.29) is 29.8 Å². The zero-order chi connectivity index (χ0) is 32.3. The third-order valence-electron chi connectivity index (χ3n) is 8.27. The second-order valence-corrected chi connectivity index (χ2v) is 12.2. The number of Topliss-reactive ketones (excluding diaryl/α,β-unsaturated/α-hetero) is 1. The number of ether oxygens (including phenoxy) is 4. The smallest absolute Gasteiger partial charge is 0.338 e. The van der Waals surface area contributed by atoms with Crippen LogP contribution in [-0.2, 0) is 38.1 Å². The first-order chi connectivity index (χ1) is 20.0. The van der Waals surface area contributed by atoms with Gasteiger partial charge in [0, 0.05) is 44.1 Å². The molecule has 0 heterocycles. The minimum absolute atomic E-state index is 0.00781. The summed E-state index contributed by atoms with van der Waals surface area (Å²) in [4.78, 5) is 64.0. The zero-order valence-corrected chi connectivity index (χ0v) is 25.8. The Labute approximate surface area is 252 Å². The summed E-state index contributed by atoms with van der Waals surface area (Å²) in [6.45, 7) is 14.5. The molecule has 2 aliphatic rings. The van der Waals surface area contributed by atoms with Crippen LogP contribution < -0.4 is 0 Å². The molecule has 0 aromatic heterocycles. The van der Waals surface area contributed by atoms with Crippen molar-refractivity contribution in [1.82, 2.24) is 0 Å². The quantitative estimate of drug-likeness (QED) is 0.298. The van der Waals surface area contributed by atoms with Crippen LogP contribution in [0.2, 0.25) is 0 Å². The normalized spacial score (nSPS) is 33.2. The molecule has 43 heavy (non-hydrogen) atoms. The number of aliphatic hydroxyl groups is 1. The maximum atomic E-state index is 13.5. The monoisotopic (exact) mass is 598 g/mol. The summed E-state index contributed by atoms with van der Waals surface area (Å²) in [5, 5.41) is 12.6. The molecule has 0 amide bonds. The van der Waals surface area contributed by atoms with Crippen LogP contribution in [-0.4, -0.2) is 64.8 Å². The Hall–Kier alpha value is -3.79. The Morgan fingerprint density at radius 2 is 1.49 bits per heavy atom. The minimum atomic E-state index is -1.92. The van der Waals surface area contributed by atoms with Crippen molar-refractivity contribution >= 4 is 29.7 Å². The maximum Gasteiger partial charge on any atom is 0.338 e. The van der Waals surface area contributed by atoms with Gasteiger partial charge in [0.25, 0.3) is 0 Å². The van der Waals surface area contributed by atoms with Crippen LogP contribution in [0.15, 0.2) is 54.6 Å². The van der Waals surface area contributed by atoms with Gasteiger partial charge in [0.1, 0.15) is 35.8 Å². The molecule has 10 heteroatoms. The number of ketones is 1. The summed E-state index contributed by atoms with van der Waals surface area (Å²) in [6, 6.07) is 8.26. The lowest BCUT2D eigenvalue weighted by atomic mass is 9.72. The first-order valence-electron chi connectivity index (χ1n) is 14.4. The Morgan fingerprint density at radius 3 is 2.05 bits per heavy atom. The van der Waals surface area contributed by atoms with E-state index in [1.165, 1.54) is 13.8 Å². The number of hydrogen-bond acceptors (Lipinski definition) is 10. The number of fused-ring (bicyclic) bond motifs is 1. The molecule has 2 aliphatic carbocycles. The standard InChI is InChI=1S/C33H42O10/c1-18-14-15-32(7,8)26(37)16-25(40-21(4)34)20(3)29(41-22(5)35)27-28(43-31(38)24-12-10-9-11-13-24)19(2)17-33(27,39)30(18)42-23(6)36/h9-15,18-19,25,27-30,39H,3,16-17H2,1-2,4-8H3/b15-14+/t18-,19+,25+,27-,28+,29+,30-,33-/m1/s1. The molecule has 8 atom stereocenters. The third-order valence-corrected chi connectivity index (χ3v) is 8.27. The van der Waals surface area contributed by atoms with E-state index in [1.807, 2.05) is 0 Å². The van der Waals surface area contributed by atoms with Crippen LogP contribution >= 0.6 is 0 Å². The highest BCUT2D eigenvalue weighted by molar-refractivity contribution is 5.89. The van der Waals surface area contributed by atoms with Crippen molar-refractivity contribution < 1.29 is 48.0 Å². The second-order valence-electron chi connectivity index (χ2n) is 12.2. The maximum absolute atomic E-state index is 13.5. The molecular weight excluding hydrogens is 556 g/mol. The lowest BCUT2D eigenvalue weighted by molar-refractivity contribution is -0.191. The Morgan fingerprint density at radius 1 is 0.907 bits per heavy atom. The molecule has 1 fully saturated rings. The lowest BCUT2D eigenvalue weighted by Crippen LogP contribution is -2.58. The van der Waals surface area contributed by atoms with Crippen LogP contribution in [0, 0.1) is 23.2 Å². The number of carbonyl (C=O) groups excluding carboxylic acids is 5. The van der Waals surface area contributed by atoms with Crippen LogP contribution in [0.5, 0.6) is 0 Å². The van der Waals surface area contributed by atoms with Crippen molar-refractivity contribution in [2.75, 3.05) is 0 Å². The summed E-state index contributed by atoms with van der Waals surface area (Å²) in [7, 11) is 0. The number of rotatable bonds is 5. The average molecular weight is 599 g/mol. The van der Waals surface area contributed by atoms with Crippen LogP contribution in [0.4, 0.5) is 0 Å². The molecule has 1 saturated carbocycles. The van der Waals surface area contributed by atoms with E-state index in [2.05, 4.69) is 6.58 Å². The van der Waals surface area contributed by atoms with Gasteiger partial charge in [0.2, 0.25) is 0 Å². The highest BCUT2D eigenvalue weighted by Crippen LogP contribution is 2.51. The molecule has 0 spiro atoms. The van der Waals surface area contributed by atoms with Gasteiger partial charge in [0.15, 0.2) is 0 Å². The third kappa shape index (κ3) is 7.60. The number of allylic oxidation sites excluding steroid dienone is 1. The SMILES string of the molecule is C=C1[C@@H](OC(C)=O)CC(=O)C(C)(C)/C=C/[C@@H](C)[C@@H](OC(C)=O)[C@@]2(O)C[C@H](C)[C@H](OC(=O)c3ccccc3)[C@@H]2[C@H]1OC(C)=O. The summed E-state index contributed by atoms with van der Waals surface area (Å²) < 4.78 is 23.1. The minimum Gasteiger partial charge on any atom is -0.459 e. The van der Waals surface area contributed by atoms with Gasteiger partial charge in [-0.1, -0.05) is 50.8 Å². The Bertz CT molecular complexity index is 1280. The van der Waals surface area contributed by atoms with E-state index in [0.717, 1.165) is 6.92 Å². The first-order valence-corrected chi connectivity index (χ1v) is 14.4. The predicted molar refractivity (Wildman–Crippen MR) is 155 cm³/mol. The highest BCUT2D eigenvalue weighted by Gasteiger charge is 2.63. The zero-order valence-electron chi connectivity index (χ0n) is 25.8. The van der Waals surface area contributed by atoms with E-state index >= 15 is 0 Å².